The molecule has 1 aliphatic rings. The van der Waals surface area contributed by atoms with Gasteiger partial charge in [-0.2, -0.15) is 0 Å². The molecule has 0 saturated carbocycles. The molecule has 3 aromatic heterocycles. The molecular formula is C18H20N6. The molecule has 24 heavy (non-hydrogen) atoms. The van der Waals surface area contributed by atoms with Crippen LogP contribution in [0.4, 0.5) is 0 Å². The fraction of sp³-hybridized carbons (Fsp3) is 0.333. The highest BCUT2D eigenvalue weighted by Crippen LogP contribution is 2.26. The summed E-state index contributed by atoms with van der Waals surface area (Å²) in [7, 11) is 0. The zero-order chi connectivity index (χ0) is 16.2. The average Bonchev–Trinajstić information content (AvgIpc) is 3.18. The van der Waals surface area contributed by atoms with Gasteiger partial charge in [-0.25, -0.2) is 9.97 Å². The highest BCUT2D eigenvalue weighted by atomic mass is 15.1. The van der Waals surface area contributed by atoms with Crippen LogP contribution >= 0.6 is 0 Å². The van der Waals surface area contributed by atoms with E-state index in [0.29, 0.717) is 5.92 Å². The predicted molar refractivity (Wildman–Crippen MR) is 90.6 cm³/mol. The van der Waals surface area contributed by atoms with E-state index in [2.05, 4.69) is 25.9 Å². The van der Waals surface area contributed by atoms with Gasteiger partial charge < -0.3 is 0 Å². The topological polar surface area (TPSA) is 59.7 Å². The van der Waals surface area contributed by atoms with Gasteiger partial charge in [-0.1, -0.05) is 6.07 Å². The Morgan fingerprint density at radius 1 is 1.08 bits per heavy atom. The Hall–Kier alpha value is -2.60. The average molecular weight is 320 g/mol. The lowest BCUT2D eigenvalue weighted by atomic mass is 9.94. The van der Waals surface area contributed by atoms with Crippen molar-refractivity contribution in [3.05, 3.63) is 66.9 Å². The number of hydrogen-bond donors (Lipinski definition) is 0. The molecule has 4 rings (SSSR count). The van der Waals surface area contributed by atoms with Crippen LogP contribution in [0.15, 0.2) is 55.6 Å². The summed E-state index contributed by atoms with van der Waals surface area (Å²) in [5.41, 5.74) is 2.33. The summed E-state index contributed by atoms with van der Waals surface area (Å²) >= 11 is 0. The summed E-state index contributed by atoms with van der Waals surface area (Å²) in [6.45, 7) is 3.08. The predicted octanol–water partition coefficient (Wildman–Crippen LogP) is 2.44. The maximum absolute atomic E-state index is 4.80. The van der Waals surface area contributed by atoms with Gasteiger partial charge >= 0.3 is 0 Å². The maximum atomic E-state index is 4.80. The summed E-state index contributed by atoms with van der Waals surface area (Å²) in [6.07, 6.45) is 15.2. The Bertz CT molecular complexity index is 771. The molecule has 1 unspecified atom stereocenters. The first-order valence-corrected chi connectivity index (χ1v) is 8.30. The van der Waals surface area contributed by atoms with Crippen LogP contribution in [0.5, 0.6) is 0 Å². The van der Waals surface area contributed by atoms with E-state index in [1.54, 1.807) is 18.7 Å². The van der Waals surface area contributed by atoms with E-state index in [1.165, 1.54) is 12.0 Å². The monoisotopic (exact) mass is 320 g/mol. The SMILES string of the molecule is c1cncc(CN2CCCC(c3cncc(-n4ccnc4)n3)C2)c1. The molecule has 6 heteroatoms. The Morgan fingerprint density at radius 2 is 2.08 bits per heavy atom. The van der Waals surface area contributed by atoms with Gasteiger partial charge in [-0.3, -0.25) is 19.4 Å². The third-order valence-electron chi connectivity index (χ3n) is 4.46. The van der Waals surface area contributed by atoms with Crippen LogP contribution in [0.2, 0.25) is 0 Å². The second kappa shape index (κ2) is 6.88. The lowest BCUT2D eigenvalue weighted by Gasteiger charge is -2.32. The molecule has 1 aliphatic heterocycles. The van der Waals surface area contributed by atoms with Crippen LogP contribution < -0.4 is 0 Å². The summed E-state index contributed by atoms with van der Waals surface area (Å²) in [5, 5.41) is 0. The molecule has 0 amide bonds. The molecule has 0 bridgehead atoms. The lowest BCUT2D eigenvalue weighted by molar-refractivity contribution is 0.198. The fourth-order valence-electron chi connectivity index (χ4n) is 3.28. The number of nitrogens with zero attached hydrogens (tertiary/aromatic N) is 6. The lowest BCUT2D eigenvalue weighted by Crippen LogP contribution is -2.34. The first-order valence-electron chi connectivity index (χ1n) is 8.30. The van der Waals surface area contributed by atoms with Crippen molar-refractivity contribution >= 4 is 0 Å². The summed E-state index contributed by atoms with van der Waals surface area (Å²) in [6, 6.07) is 4.13. The van der Waals surface area contributed by atoms with E-state index in [1.807, 2.05) is 35.4 Å². The smallest absolute Gasteiger partial charge is 0.156 e. The second-order valence-corrected chi connectivity index (χ2v) is 6.21. The quantitative estimate of drug-likeness (QED) is 0.739. The van der Waals surface area contributed by atoms with Gasteiger partial charge in [-0.15, -0.1) is 0 Å². The van der Waals surface area contributed by atoms with Crippen LogP contribution in [0, 0.1) is 0 Å². The Balaban J connectivity index is 1.49. The van der Waals surface area contributed by atoms with E-state index < -0.39 is 0 Å². The Labute approximate surface area is 141 Å². The van der Waals surface area contributed by atoms with Gasteiger partial charge in [0.05, 0.1) is 11.9 Å². The molecule has 122 valence electrons. The van der Waals surface area contributed by atoms with Crippen LogP contribution in [0.1, 0.15) is 30.0 Å². The molecule has 1 fully saturated rings. The minimum Gasteiger partial charge on any atom is -0.298 e. The molecule has 0 radical (unpaired) electrons. The van der Waals surface area contributed by atoms with Crippen LogP contribution in [0.25, 0.3) is 5.82 Å². The molecule has 0 N–H and O–H groups in total. The van der Waals surface area contributed by atoms with Crippen molar-refractivity contribution in [1.29, 1.82) is 0 Å². The van der Waals surface area contributed by atoms with Gasteiger partial charge in [0.15, 0.2) is 5.82 Å². The summed E-state index contributed by atoms with van der Waals surface area (Å²) < 4.78 is 1.90. The highest BCUT2D eigenvalue weighted by molar-refractivity contribution is 5.21. The zero-order valence-corrected chi connectivity index (χ0v) is 13.5. The molecule has 1 atom stereocenters. The molecule has 1 saturated heterocycles. The molecule has 0 spiro atoms. The van der Waals surface area contributed by atoms with Crippen LogP contribution in [0.3, 0.4) is 0 Å². The molecule has 4 heterocycles. The number of hydrogen-bond acceptors (Lipinski definition) is 5. The van der Waals surface area contributed by atoms with Gasteiger partial charge in [0.1, 0.15) is 6.33 Å². The number of aromatic nitrogens is 5. The van der Waals surface area contributed by atoms with E-state index in [4.69, 9.17) is 4.98 Å². The number of rotatable bonds is 4. The Morgan fingerprint density at radius 3 is 2.92 bits per heavy atom. The van der Waals surface area contributed by atoms with E-state index in [9.17, 15) is 0 Å². The van der Waals surface area contributed by atoms with Crippen molar-refractivity contribution in [3.8, 4) is 5.82 Å². The second-order valence-electron chi connectivity index (χ2n) is 6.21. The summed E-state index contributed by atoms with van der Waals surface area (Å²) in [5.74, 6) is 1.25. The summed E-state index contributed by atoms with van der Waals surface area (Å²) in [4.78, 5) is 20.0. The van der Waals surface area contributed by atoms with Crippen molar-refractivity contribution in [2.24, 2.45) is 0 Å². The van der Waals surface area contributed by atoms with Crippen molar-refractivity contribution in [1.82, 2.24) is 29.4 Å². The van der Waals surface area contributed by atoms with Crippen molar-refractivity contribution in [2.45, 2.75) is 25.3 Å². The maximum Gasteiger partial charge on any atom is 0.156 e. The molecule has 0 aliphatic carbocycles. The van der Waals surface area contributed by atoms with E-state index >= 15 is 0 Å². The minimum absolute atomic E-state index is 0.423. The van der Waals surface area contributed by atoms with E-state index in [0.717, 1.165) is 37.6 Å². The largest absolute Gasteiger partial charge is 0.298 e. The standard InChI is InChI=1S/C18H20N6/c1-3-15(9-19-5-1)12-23-7-2-4-16(13-23)17-10-21-11-18(22-17)24-8-6-20-14-24/h1,3,5-6,8-11,14,16H,2,4,7,12-13H2. The number of likely N-dealkylation sites (tertiary alicyclic amines) is 1. The number of imidazole rings is 1. The first kappa shape index (κ1) is 15.0. The highest BCUT2D eigenvalue weighted by Gasteiger charge is 2.23. The molecule has 0 aromatic carbocycles. The van der Waals surface area contributed by atoms with Gasteiger partial charge in [0.25, 0.3) is 0 Å². The van der Waals surface area contributed by atoms with Crippen LogP contribution in [-0.2, 0) is 6.54 Å². The zero-order valence-electron chi connectivity index (χ0n) is 13.5. The van der Waals surface area contributed by atoms with Crippen molar-refractivity contribution in [3.63, 3.8) is 0 Å². The molecule has 6 nitrogen and oxygen atoms in total. The van der Waals surface area contributed by atoms with Gasteiger partial charge in [0, 0.05) is 50.0 Å². The fourth-order valence-corrected chi connectivity index (χ4v) is 3.28. The van der Waals surface area contributed by atoms with E-state index in [-0.39, 0.29) is 0 Å². The minimum atomic E-state index is 0.423. The van der Waals surface area contributed by atoms with Gasteiger partial charge in [-0.05, 0) is 31.0 Å². The molecular weight excluding hydrogens is 300 g/mol. The van der Waals surface area contributed by atoms with Gasteiger partial charge in [0.2, 0.25) is 0 Å². The molecule has 3 aromatic rings. The van der Waals surface area contributed by atoms with Crippen molar-refractivity contribution in [2.75, 3.05) is 13.1 Å². The third-order valence-corrected chi connectivity index (χ3v) is 4.46. The normalized spacial score (nSPS) is 18.6. The third kappa shape index (κ3) is 3.33. The Kier molecular flexibility index (Phi) is 4.29. The van der Waals surface area contributed by atoms with Crippen LogP contribution in [-0.4, -0.2) is 42.5 Å². The number of piperidine rings is 1. The number of pyridine rings is 1. The van der Waals surface area contributed by atoms with Crippen molar-refractivity contribution < 1.29 is 0 Å². The first-order chi connectivity index (χ1) is 11.9.